The van der Waals surface area contributed by atoms with E-state index < -0.39 is 0 Å². The highest BCUT2D eigenvalue weighted by Crippen LogP contribution is 2.41. The maximum atomic E-state index is 6.22. The molecule has 14 heavy (non-hydrogen) atoms. The van der Waals surface area contributed by atoms with Gasteiger partial charge in [0.1, 0.15) is 13.2 Å². The van der Waals surface area contributed by atoms with Crippen molar-refractivity contribution in [2.24, 2.45) is 0 Å². The van der Waals surface area contributed by atoms with E-state index in [1.54, 1.807) is 0 Å². The normalized spacial score (nSPS) is 14.6. The summed E-state index contributed by atoms with van der Waals surface area (Å²) in [5.74, 6) is 1.85. The summed E-state index contributed by atoms with van der Waals surface area (Å²) in [7, 11) is 0. The minimum absolute atomic E-state index is 0.401. The van der Waals surface area contributed by atoms with Crippen molar-refractivity contribution < 1.29 is 9.47 Å². The molecule has 76 valence electrons. The molecule has 1 heterocycles. The zero-order valence-electron chi connectivity index (χ0n) is 8.34. The van der Waals surface area contributed by atoms with Crippen LogP contribution in [0.1, 0.15) is 25.3 Å². The zero-order chi connectivity index (χ0) is 10.1. The molecule has 0 spiro atoms. The number of rotatable bonds is 1. The average Bonchev–Trinajstić information content (AvgIpc) is 2.18. The number of benzene rings is 1. The smallest absolute Gasteiger partial charge is 0.180 e. The third kappa shape index (κ3) is 1.55. The van der Waals surface area contributed by atoms with Gasteiger partial charge in [0.25, 0.3) is 0 Å². The van der Waals surface area contributed by atoms with E-state index in [1.165, 1.54) is 0 Å². The van der Waals surface area contributed by atoms with E-state index in [-0.39, 0.29) is 0 Å². The Morgan fingerprint density at radius 1 is 1.21 bits per heavy atom. The number of hydrogen-bond acceptors (Lipinski definition) is 2. The first-order valence-corrected chi connectivity index (χ1v) is 5.16. The van der Waals surface area contributed by atoms with Crippen molar-refractivity contribution in [2.75, 3.05) is 13.2 Å². The molecule has 0 N–H and O–H groups in total. The van der Waals surface area contributed by atoms with Gasteiger partial charge in [0.05, 0.1) is 5.02 Å². The second kappa shape index (κ2) is 3.70. The molecule has 0 saturated heterocycles. The van der Waals surface area contributed by atoms with E-state index in [0.717, 1.165) is 11.3 Å². The third-order valence-electron chi connectivity index (χ3n) is 2.30. The first-order valence-electron chi connectivity index (χ1n) is 4.78. The van der Waals surface area contributed by atoms with Crippen LogP contribution >= 0.6 is 11.6 Å². The SMILES string of the molecule is CC(C)c1ccc2c(c1Cl)OCCO2. The Bertz CT molecular complexity index is 347. The third-order valence-corrected chi connectivity index (χ3v) is 2.69. The lowest BCUT2D eigenvalue weighted by Gasteiger charge is -2.21. The molecule has 0 saturated carbocycles. The van der Waals surface area contributed by atoms with Gasteiger partial charge in [0.15, 0.2) is 11.5 Å². The molecular weight excluding hydrogens is 200 g/mol. The van der Waals surface area contributed by atoms with Gasteiger partial charge >= 0.3 is 0 Å². The van der Waals surface area contributed by atoms with Gasteiger partial charge in [-0.1, -0.05) is 31.5 Å². The van der Waals surface area contributed by atoms with E-state index in [1.807, 2.05) is 12.1 Å². The first kappa shape index (κ1) is 9.66. The Hall–Kier alpha value is -0.890. The van der Waals surface area contributed by atoms with Crippen molar-refractivity contribution in [1.82, 2.24) is 0 Å². The average molecular weight is 213 g/mol. The molecule has 0 aliphatic carbocycles. The van der Waals surface area contributed by atoms with Crippen molar-refractivity contribution in [1.29, 1.82) is 0 Å². The fraction of sp³-hybridized carbons (Fsp3) is 0.455. The van der Waals surface area contributed by atoms with Crippen molar-refractivity contribution >= 4 is 11.6 Å². The van der Waals surface area contributed by atoms with Crippen molar-refractivity contribution in [3.05, 3.63) is 22.7 Å². The van der Waals surface area contributed by atoms with Crippen LogP contribution in [-0.2, 0) is 0 Å². The highest BCUT2D eigenvalue weighted by atomic mass is 35.5. The van der Waals surface area contributed by atoms with Crippen LogP contribution in [0.25, 0.3) is 0 Å². The number of fused-ring (bicyclic) bond motifs is 1. The largest absolute Gasteiger partial charge is 0.486 e. The van der Waals surface area contributed by atoms with E-state index in [2.05, 4.69) is 13.8 Å². The predicted molar refractivity (Wildman–Crippen MR) is 56.5 cm³/mol. The summed E-state index contributed by atoms with van der Waals surface area (Å²) < 4.78 is 10.9. The van der Waals surface area contributed by atoms with Crippen molar-refractivity contribution in [2.45, 2.75) is 19.8 Å². The van der Waals surface area contributed by atoms with Gasteiger partial charge in [-0.25, -0.2) is 0 Å². The lowest BCUT2D eigenvalue weighted by Crippen LogP contribution is -2.16. The molecule has 1 aliphatic rings. The molecule has 3 heteroatoms. The molecule has 0 amide bonds. The maximum absolute atomic E-state index is 6.22. The van der Waals surface area contributed by atoms with Crippen molar-refractivity contribution in [3.8, 4) is 11.5 Å². The number of halogens is 1. The Morgan fingerprint density at radius 3 is 2.64 bits per heavy atom. The molecule has 0 unspecified atom stereocenters. The fourth-order valence-corrected chi connectivity index (χ4v) is 1.97. The maximum Gasteiger partial charge on any atom is 0.180 e. The fourth-order valence-electron chi connectivity index (χ4n) is 1.54. The highest BCUT2D eigenvalue weighted by molar-refractivity contribution is 6.33. The van der Waals surface area contributed by atoms with Gasteiger partial charge in [0.2, 0.25) is 0 Å². The molecule has 1 aromatic carbocycles. The molecule has 1 aromatic rings. The zero-order valence-corrected chi connectivity index (χ0v) is 9.10. The van der Waals surface area contributed by atoms with E-state index >= 15 is 0 Å². The second-order valence-corrected chi connectivity index (χ2v) is 4.03. The van der Waals surface area contributed by atoms with Crippen LogP contribution in [0.4, 0.5) is 0 Å². The van der Waals surface area contributed by atoms with Gasteiger partial charge in [-0.3, -0.25) is 0 Å². The van der Waals surface area contributed by atoms with Crippen LogP contribution < -0.4 is 9.47 Å². The Morgan fingerprint density at radius 2 is 1.93 bits per heavy atom. The lowest BCUT2D eigenvalue weighted by atomic mass is 10.0. The van der Waals surface area contributed by atoms with Gasteiger partial charge < -0.3 is 9.47 Å². The van der Waals surface area contributed by atoms with Gasteiger partial charge in [-0.15, -0.1) is 0 Å². The minimum atomic E-state index is 0.401. The summed E-state index contributed by atoms with van der Waals surface area (Å²) in [6, 6.07) is 3.93. The standard InChI is InChI=1S/C11H13ClO2/c1-7(2)8-3-4-9-11(10(8)12)14-6-5-13-9/h3-4,7H,5-6H2,1-2H3. The van der Waals surface area contributed by atoms with Crippen LogP contribution in [0.2, 0.25) is 5.02 Å². The van der Waals surface area contributed by atoms with E-state index in [0.29, 0.717) is 29.9 Å². The minimum Gasteiger partial charge on any atom is -0.486 e. The van der Waals surface area contributed by atoms with Crippen LogP contribution in [0.15, 0.2) is 12.1 Å². The van der Waals surface area contributed by atoms with Gasteiger partial charge in [-0.05, 0) is 17.5 Å². The Balaban J connectivity index is 2.49. The molecule has 0 bridgehead atoms. The van der Waals surface area contributed by atoms with E-state index in [9.17, 15) is 0 Å². The van der Waals surface area contributed by atoms with E-state index in [4.69, 9.17) is 21.1 Å². The Labute approximate surface area is 88.8 Å². The van der Waals surface area contributed by atoms with Crippen LogP contribution in [0.3, 0.4) is 0 Å². The summed E-state index contributed by atoms with van der Waals surface area (Å²) in [6.45, 7) is 5.40. The predicted octanol–water partition coefficient (Wildman–Crippen LogP) is 3.23. The quantitative estimate of drug-likeness (QED) is 0.712. The molecular formula is C11H13ClO2. The molecule has 0 radical (unpaired) electrons. The number of hydrogen-bond donors (Lipinski definition) is 0. The molecule has 2 nitrogen and oxygen atoms in total. The van der Waals surface area contributed by atoms with Crippen LogP contribution in [0.5, 0.6) is 11.5 Å². The summed E-state index contributed by atoms with van der Waals surface area (Å²) in [5, 5.41) is 0.692. The molecule has 2 rings (SSSR count). The van der Waals surface area contributed by atoms with Crippen LogP contribution in [-0.4, -0.2) is 13.2 Å². The van der Waals surface area contributed by atoms with Crippen LogP contribution in [0, 0.1) is 0 Å². The molecule has 0 aromatic heterocycles. The lowest BCUT2D eigenvalue weighted by molar-refractivity contribution is 0.171. The highest BCUT2D eigenvalue weighted by Gasteiger charge is 2.18. The second-order valence-electron chi connectivity index (χ2n) is 3.65. The molecule has 0 atom stereocenters. The summed E-state index contributed by atoms with van der Waals surface area (Å²) >= 11 is 6.22. The topological polar surface area (TPSA) is 18.5 Å². The Kier molecular flexibility index (Phi) is 2.55. The number of ether oxygens (including phenoxy) is 2. The summed E-state index contributed by atoms with van der Waals surface area (Å²) in [4.78, 5) is 0. The summed E-state index contributed by atoms with van der Waals surface area (Å²) in [6.07, 6.45) is 0. The first-order chi connectivity index (χ1) is 6.70. The van der Waals surface area contributed by atoms with Gasteiger partial charge in [0, 0.05) is 0 Å². The van der Waals surface area contributed by atoms with Crippen molar-refractivity contribution in [3.63, 3.8) is 0 Å². The molecule has 0 fully saturated rings. The summed E-state index contributed by atoms with van der Waals surface area (Å²) in [5.41, 5.74) is 1.11. The monoisotopic (exact) mass is 212 g/mol. The van der Waals surface area contributed by atoms with Gasteiger partial charge in [-0.2, -0.15) is 0 Å². The molecule has 1 aliphatic heterocycles.